The summed E-state index contributed by atoms with van der Waals surface area (Å²) in [6.07, 6.45) is 2.36. The molecule has 1 aromatic carbocycles. The number of nitrogens with zero attached hydrogens (tertiary/aromatic N) is 2. The maximum Gasteiger partial charge on any atom is 0.356 e. The zero-order chi connectivity index (χ0) is 19.7. The van der Waals surface area contributed by atoms with Crippen LogP contribution in [0.4, 0.5) is 5.69 Å². The highest BCUT2D eigenvalue weighted by atomic mass is 32.2. The van der Waals surface area contributed by atoms with E-state index in [0.717, 1.165) is 4.91 Å². The van der Waals surface area contributed by atoms with Crippen LogP contribution in [0.2, 0.25) is 0 Å². The topological polar surface area (TPSA) is 110 Å². The van der Waals surface area contributed by atoms with Crippen molar-refractivity contribution in [3.8, 4) is 0 Å². The van der Waals surface area contributed by atoms with E-state index in [0.29, 0.717) is 23.1 Å². The summed E-state index contributed by atoms with van der Waals surface area (Å²) in [5, 5.41) is 20.0. The molecule has 3 rings (SSSR count). The minimum absolute atomic E-state index is 0.0409. The lowest BCUT2D eigenvalue weighted by Gasteiger charge is -2.39. The molecule has 2 heterocycles. The van der Waals surface area contributed by atoms with Gasteiger partial charge in [0.15, 0.2) is 0 Å². The summed E-state index contributed by atoms with van der Waals surface area (Å²) in [6.45, 7) is 1.46. The first kappa shape index (κ1) is 19.1. The van der Waals surface area contributed by atoms with Crippen LogP contribution in [0.25, 0.3) is 0 Å². The van der Waals surface area contributed by atoms with Crippen molar-refractivity contribution in [3.63, 3.8) is 0 Å². The predicted octanol–water partition coefficient (Wildman–Crippen LogP) is 2.14. The van der Waals surface area contributed by atoms with Gasteiger partial charge in [-0.2, -0.15) is 0 Å². The molecule has 0 radical (unpaired) electrons. The van der Waals surface area contributed by atoms with Gasteiger partial charge in [0.25, 0.3) is 11.6 Å². The number of esters is 1. The minimum Gasteiger partial charge on any atom is -0.456 e. The molecule has 1 saturated heterocycles. The van der Waals surface area contributed by atoms with Gasteiger partial charge in [0, 0.05) is 29.0 Å². The average Bonchev–Trinajstić information content (AvgIpc) is 3.00. The van der Waals surface area contributed by atoms with E-state index in [1.165, 1.54) is 40.9 Å². The van der Waals surface area contributed by atoms with Crippen LogP contribution in [0.15, 0.2) is 46.0 Å². The molecule has 0 spiro atoms. The van der Waals surface area contributed by atoms with E-state index >= 15 is 0 Å². The van der Waals surface area contributed by atoms with Gasteiger partial charge in [-0.3, -0.25) is 19.8 Å². The van der Waals surface area contributed by atoms with Crippen LogP contribution in [0.5, 0.6) is 0 Å². The molecule has 0 aliphatic carbocycles. The van der Waals surface area contributed by atoms with E-state index in [2.05, 4.69) is 0 Å². The Morgan fingerprint density at radius 2 is 2.07 bits per heavy atom. The highest BCUT2D eigenvalue weighted by molar-refractivity contribution is 8.02. The lowest BCUT2D eigenvalue weighted by atomic mass is 9.90. The number of amides is 1. The molecule has 2 aliphatic rings. The van der Waals surface area contributed by atoms with Crippen molar-refractivity contribution in [2.75, 3.05) is 12.9 Å². The van der Waals surface area contributed by atoms with Crippen molar-refractivity contribution in [3.05, 3.63) is 61.7 Å². The van der Waals surface area contributed by atoms with Crippen molar-refractivity contribution in [2.24, 2.45) is 0 Å². The summed E-state index contributed by atoms with van der Waals surface area (Å²) in [4.78, 5) is 37.4. The Kier molecular flexibility index (Phi) is 5.33. The Balaban J connectivity index is 1.72. The Hall–Kier alpha value is -2.65. The summed E-state index contributed by atoms with van der Waals surface area (Å²) in [5.41, 5.74) is 1.99. The normalized spacial score (nSPS) is 20.3. The molecule has 1 atom stereocenters. The quantitative estimate of drug-likeness (QED) is 0.260. The number of aliphatic hydroxyl groups is 1. The van der Waals surface area contributed by atoms with Crippen molar-refractivity contribution in [2.45, 2.75) is 26.0 Å². The van der Waals surface area contributed by atoms with E-state index in [9.17, 15) is 24.8 Å². The SMILES string of the molecule is CSC1=C(C(=O)OCc2ccc([N+](=O)[O-])cc2)N2C(=O)C(=C(C)CO)C2C1. The fourth-order valence-corrected chi connectivity index (χ4v) is 3.91. The van der Waals surface area contributed by atoms with Crippen LogP contribution in [0.3, 0.4) is 0 Å². The maximum absolute atomic E-state index is 12.6. The third kappa shape index (κ3) is 3.35. The summed E-state index contributed by atoms with van der Waals surface area (Å²) in [7, 11) is 0. The minimum atomic E-state index is -0.603. The number of non-ortho nitro benzene ring substituents is 1. The molecule has 1 aromatic rings. The Morgan fingerprint density at radius 1 is 1.41 bits per heavy atom. The highest BCUT2D eigenvalue weighted by Crippen LogP contribution is 2.46. The molecule has 1 unspecified atom stereocenters. The summed E-state index contributed by atoms with van der Waals surface area (Å²) >= 11 is 1.39. The molecule has 9 heteroatoms. The van der Waals surface area contributed by atoms with Crippen LogP contribution in [0, 0.1) is 10.1 Å². The second kappa shape index (κ2) is 7.53. The fourth-order valence-electron chi connectivity index (χ4n) is 3.21. The Labute approximate surface area is 159 Å². The van der Waals surface area contributed by atoms with Crippen LogP contribution >= 0.6 is 11.8 Å². The maximum atomic E-state index is 12.6. The van der Waals surface area contributed by atoms with Crippen LogP contribution in [-0.4, -0.2) is 45.7 Å². The number of thioether (sulfide) groups is 1. The van der Waals surface area contributed by atoms with E-state index in [1.807, 2.05) is 6.26 Å². The first-order valence-corrected chi connectivity index (χ1v) is 9.43. The second-order valence-electron chi connectivity index (χ2n) is 6.22. The number of hydrogen-bond donors (Lipinski definition) is 1. The molecular weight excluding hydrogens is 372 g/mol. The molecule has 27 heavy (non-hydrogen) atoms. The molecule has 1 fully saturated rings. The van der Waals surface area contributed by atoms with Gasteiger partial charge in [-0.25, -0.2) is 4.79 Å². The van der Waals surface area contributed by atoms with E-state index in [1.54, 1.807) is 6.92 Å². The van der Waals surface area contributed by atoms with Gasteiger partial charge < -0.3 is 9.84 Å². The molecule has 1 N–H and O–H groups in total. The number of nitro groups is 1. The average molecular weight is 390 g/mol. The number of aliphatic hydroxyl groups excluding tert-OH is 1. The molecule has 0 saturated carbocycles. The number of carbonyl (C=O) groups is 2. The first-order chi connectivity index (χ1) is 12.9. The monoisotopic (exact) mass is 390 g/mol. The molecular formula is C18H18N2O6S. The molecule has 8 nitrogen and oxygen atoms in total. The van der Waals surface area contributed by atoms with Gasteiger partial charge in [-0.1, -0.05) is 0 Å². The number of benzene rings is 1. The van der Waals surface area contributed by atoms with Gasteiger partial charge >= 0.3 is 5.97 Å². The van der Waals surface area contributed by atoms with Crippen LogP contribution in [0.1, 0.15) is 18.9 Å². The molecule has 1 amide bonds. The lowest BCUT2D eigenvalue weighted by Crippen LogP contribution is -2.53. The highest BCUT2D eigenvalue weighted by Gasteiger charge is 2.52. The molecule has 142 valence electrons. The fraction of sp³-hybridized carbons (Fsp3) is 0.333. The predicted molar refractivity (Wildman–Crippen MR) is 98.5 cm³/mol. The standard InChI is InChI=1S/C18H18N2O6S/c1-10(8-21)15-13-7-14(27-2)16(19(13)17(15)22)18(23)26-9-11-3-5-12(6-4-11)20(24)25/h3-6,13,21H,7-9H2,1-2H3. The van der Waals surface area contributed by atoms with Crippen molar-refractivity contribution < 1.29 is 24.4 Å². The number of carbonyl (C=O) groups excluding carboxylic acids is 2. The molecule has 2 aliphatic heterocycles. The molecule has 0 aromatic heterocycles. The summed E-state index contributed by atoms with van der Waals surface area (Å²) in [5.74, 6) is -0.882. The van der Waals surface area contributed by atoms with Gasteiger partial charge in [0.05, 0.1) is 17.6 Å². The van der Waals surface area contributed by atoms with Crippen molar-refractivity contribution in [1.29, 1.82) is 0 Å². The van der Waals surface area contributed by atoms with Crippen molar-refractivity contribution in [1.82, 2.24) is 4.90 Å². The number of β-lactam (4-membered cyclic amide) rings is 1. The van der Waals surface area contributed by atoms with Crippen LogP contribution in [-0.2, 0) is 20.9 Å². The first-order valence-electron chi connectivity index (χ1n) is 8.20. The van der Waals surface area contributed by atoms with Gasteiger partial charge in [-0.05, 0) is 36.4 Å². The van der Waals surface area contributed by atoms with E-state index in [-0.39, 0.29) is 36.5 Å². The number of fused-ring (bicyclic) bond motifs is 1. The lowest BCUT2D eigenvalue weighted by molar-refractivity contribution is -0.384. The summed E-state index contributed by atoms with van der Waals surface area (Å²) in [6, 6.07) is 5.50. The van der Waals surface area contributed by atoms with Gasteiger partial charge in [-0.15, -0.1) is 11.8 Å². The van der Waals surface area contributed by atoms with Gasteiger partial charge in [0.1, 0.15) is 12.3 Å². The molecule has 0 bridgehead atoms. The number of rotatable bonds is 6. The second-order valence-corrected chi connectivity index (χ2v) is 7.12. The number of hydrogen-bond acceptors (Lipinski definition) is 7. The Morgan fingerprint density at radius 3 is 2.63 bits per heavy atom. The van der Waals surface area contributed by atoms with Crippen molar-refractivity contribution >= 4 is 29.3 Å². The zero-order valence-electron chi connectivity index (χ0n) is 14.8. The number of nitro benzene ring substituents is 1. The summed E-state index contributed by atoms with van der Waals surface area (Å²) < 4.78 is 5.33. The van der Waals surface area contributed by atoms with Gasteiger partial charge in [0.2, 0.25) is 0 Å². The van der Waals surface area contributed by atoms with E-state index in [4.69, 9.17) is 4.74 Å². The Bertz CT molecular complexity index is 874. The third-order valence-electron chi connectivity index (χ3n) is 4.63. The van der Waals surface area contributed by atoms with Crippen LogP contribution < -0.4 is 0 Å². The zero-order valence-corrected chi connectivity index (χ0v) is 15.6. The van der Waals surface area contributed by atoms with E-state index < -0.39 is 10.9 Å². The number of ether oxygens (including phenoxy) is 1. The smallest absolute Gasteiger partial charge is 0.356 e. The third-order valence-corrected chi connectivity index (χ3v) is 5.48. The largest absolute Gasteiger partial charge is 0.456 e.